The second kappa shape index (κ2) is 7.56. The van der Waals surface area contributed by atoms with Gasteiger partial charge in [0.15, 0.2) is 6.10 Å². The van der Waals surface area contributed by atoms with Gasteiger partial charge in [0.2, 0.25) is 11.8 Å². The summed E-state index contributed by atoms with van der Waals surface area (Å²) in [4.78, 5) is 39.4. The SMILES string of the molecule is CCN1C(=O)CC2(CCN(C(=O)O[C@@H]3C(O)[C@H](O)C(O)C(O)[C@@H]3O)CC2)C1=O. The minimum Gasteiger partial charge on any atom is -0.440 e. The normalized spacial score (nSPS) is 38.2. The number of hydrogen-bond donors (Lipinski definition) is 5. The zero-order valence-electron chi connectivity index (χ0n) is 15.5. The largest absolute Gasteiger partial charge is 0.440 e. The van der Waals surface area contributed by atoms with Crippen LogP contribution in [0.5, 0.6) is 0 Å². The molecule has 0 radical (unpaired) electrons. The summed E-state index contributed by atoms with van der Waals surface area (Å²) in [5.74, 6) is -0.454. The van der Waals surface area contributed by atoms with E-state index in [0.29, 0.717) is 6.54 Å². The maximum Gasteiger partial charge on any atom is 0.410 e. The Balaban J connectivity index is 1.62. The molecule has 0 aromatic rings. The van der Waals surface area contributed by atoms with Gasteiger partial charge in [-0.3, -0.25) is 14.5 Å². The van der Waals surface area contributed by atoms with Gasteiger partial charge in [0.25, 0.3) is 0 Å². The molecular formula is C17H26N2O9. The molecule has 1 spiro atoms. The molecule has 1 aliphatic carbocycles. The number of imide groups is 1. The van der Waals surface area contributed by atoms with Gasteiger partial charge in [0, 0.05) is 26.1 Å². The number of aliphatic hydroxyl groups is 5. The molecule has 3 unspecified atom stereocenters. The Bertz CT molecular complexity index is 633. The van der Waals surface area contributed by atoms with E-state index in [9.17, 15) is 39.9 Å². The fraction of sp³-hybridized carbons (Fsp3) is 0.824. The van der Waals surface area contributed by atoms with E-state index in [0.717, 1.165) is 0 Å². The Morgan fingerprint density at radius 1 is 1.00 bits per heavy atom. The Kier molecular flexibility index (Phi) is 5.65. The fourth-order valence-electron chi connectivity index (χ4n) is 4.22. The fourth-order valence-corrected chi connectivity index (χ4v) is 4.22. The molecule has 6 atom stereocenters. The van der Waals surface area contributed by atoms with Crippen LogP contribution in [0.25, 0.3) is 0 Å². The monoisotopic (exact) mass is 402 g/mol. The second-order valence-corrected chi connectivity index (χ2v) is 7.69. The molecule has 2 aliphatic heterocycles. The third-order valence-electron chi connectivity index (χ3n) is 6.09. The van der Waals surface area contributed by atoms with E-state index in [1.54, 1.807) is 6.92 Å². The Morgan fingerprint density at radius 2 is 1.50 bits per heavy atom. The maximum absolute atomic E-state index is 12.5. The van der Waals surface area contributed by atoms with Crippen LogP contribution in [0.4, 0.5) is 4.79 Å². The molecule has 2 heterocycles. The highest BCUT2D eigenvalue weighted by Gasteiger charge is 2.54. The molecule has 2 saturated heterocycles. The van der Waals surface area contributed by atoms with E-state index in [-0.39, 0.29) is 44.2 Å². The Labute approximate surface area is 161 Å². The number of carbonyl (C=O) groups is 3. The topological polar surface area (TPSA) is 168 Å². The first-order chi connectivity index (χ1) is 13.1. The first kappa shape index (κ1) is 20.9. The van der Waals surface area contributed by atoms with Crippen molar-refractivity contribution in [3.05, 3.63) is 0 Å². The van der Waals surface area contributed by atoms with Crippen LogP contribution in [0.15, 0.2) is 0 Å². The van der Waals surface area contributed by atoms with Crippen LogP contribution in [0.1, 0.15) is 26.2 Å². The van der Waals surface area contributed by atoms with Crippen LogP contribution in [-0.2, 0) is 14.3 Å². The third kappa shape index (κ3) is 3.26. The van der Waals surface area contributed by atoms with Crippen molar-refractivity contribution in [1.29, 1.82) is 0 Å². The molecule has 158 valence electrons. The summed E-state index contributed by atoms with van der Waals surface area (Å²) in [6.07, 6.45) is -10.8. The average Bonchev–Trinajstić information content (AvgIpc) is 2.91. The Morgan fingerprint density at radius 3 is 1.96 bits per heavy atom. The molecule has 0 aromatic carbocycles. The molecular weight excluding hydrogens is 376 g/mol. The minimum atomic E-state index is -1.79. The maximum atomic E-state index is 12.5. The standard InChI is InChI=1S/C17H26N2O9/c1-2-19-8(20)7-17(15(19)26)3-5-18(6-4-17)16(27)28-14-12(24)10(22)9(21)11(23)13(14)25/h9-14,21-25H,2-7H2,1H3/t9?,10-,11?,12?,13+,14-/m1/s1. The summed E-state index contributed by atoms with van der Waals surface area (Å²) in [6, 6.07) is 0. The lowest BCUT2D eigenvalue weighted by molar-refractivity contribution is -0.224. The van der Waals surface area contributed by atoms with Crippen LogP contribution in [0.3, 0.4) is 0 Å². The number of hydrogen-bond acceptors (Lipinski definition) is 9. The van der Waals surface area contributed by atoms with Gasteiger partial charge < -0.3 is 35.2 Å². The summed E-state index contributed by atoms with van der Waals surface area (Å²) in [6.45, 7) is 2.31. The zero-order valence-corrected chi connectivity index (χ0v) is 15.5. The number of likely N-dealkylation sites (tertiary alicyclic amines) is 2. The van der Waals surface area contributed by atoms with E-state index >= 15 is 0 Å². The smallest absolute Gasteiger partial charge is 0.410 e. The van der Waals surface area contributed by atoms with Gasteiger partial charge in [0.05, 0.1) is 5.41 Å². The van der Waals surface area contributed by atoms with Crippen molar-refractivity contribution in [2.75, 3.05) is 19.6 Å². The molecule has 1 saturated carbocycles. The number of carbonyl (C=O) groups excluding carboxylic acids is 3. The predicted molar refractivity (Wildman–Crippen MR) is 90.6 cm³/mol. The summed E-state index contributed by atoms with van der Waals surface area (Å²) in [5.41, 5.74) is -0.815. The van der Waals surface area contributed by atoms with Gasteiger partial charge >= 0.3 is 6.09 Å². The van der Waals surface area contributed by atoms with Gasteiger partial charge in [-0.2, -0.15) is 0 Å². The quantitative estimate of drug-likeness (QED) is 0.306. The van der Waals surface area contributed by atoms with Crippen LogP contribution >= 0.6 is 0 Å². The van der Waals surface area contributed by atoms with Crippen LogP contribution < -0.4 is 0 Å². The van der Waals surface area contributed by atoms with Gasteiger partial charge in [-0.05, 0) is 19.8 Å². The van der Waals surface area contributed by atoms with Gasteiger partial charge in [0.1, 0.15) is 30.5 Å². The molecule has 28 heavy (non-hydrogen) atoms. The van der Waals surface area contributed by atoms with Crippen LogP contribution in [-0.4, -0.2) is 109 Å². The number of aliphatic hydroxyl groups excluding tert-OH is 5. The first-order valence-electron chi connectivity index (χ1n) is 9.33. The lowest BCUT2D eigenvalue weighted by Crippen LogP contribution is -2.65. The lowest BCUT2D eigenvalue weighted by atomic mass is 9.77. The van der Waals surface area contributed by atoms with Crippen molar-refractivity contribution >= 4 is 17.9 Å². The molecule has 3 rings (SSSR count). The van der Waals surface area contributed by atoms with Crippen molar-refractivity contribution in [1.82, 2.24) is 9.80 Å². The van der Waals surface area contributed by atoms with E-state index in [2.05, 4.69) is 0 Å². The highest BCUT2D eigenvalue weighted by molar-refractivity contribution is 6.06. The van der Waals surface area contributed by atoms with E-state index in [1.807, 2.05) is 0 Å². The van der Waals surface area contributed by atoms with Gasteiger partial charge in [-0.25, -0.2) is 4.79 Å². The second-order valence-electron chi connectivity index (χ2n) is 7.69. The lowest BCUT2D eigenvalue weighted by Gasteiger charge is -2.42. The van der Waals surface area contributed by atoms with Gasteiger partial charge in [-0.1, -0.05) is 0 Å². The van der Waals surface area contributed by atoms with Crippen molar-refractivity contribution < 1.29 is 44.7 Å². The molecule has 3 fully saturated rings. The molecule has 0 aromatic heterocycles. The summed E-state index contributed by atoms with van der Waals surface area (Å²) in [7, 11) is 0. The number of nitrogens with zero attached hydrogens (tertiary/aromatic N) is 2. The number of rotatable bonds is 2. The molecule has 0 bridgehead atoms. The first-order valence-corrected chi connectivity index (χ1v) is 9.33. The molecule has 3 amide bonds. The van der Waals surface area contributed by atoms with Crippen molar-refractivity contribution in [2.24, 2.45) is 5.41 Å². The zero-order chi connectivity index (χ0) is 20.8. The predicted octanol–water partition coefficient (Wildman–Crippen LogP) is -2.83. The molecule has 11 nitrogen and oxygen atoms in total. The average molecular weight is 402 g/mol. The highest BCUT2D eigenvalue weighted by atomic mass is 16.6. The van der Waals surface area contributed by atoms with Crippen LogP contribution in [0, 0.1) is 5.41 Å². The van der Waals surface area contributed by atoms with Crippen LogP contribution in [0.2, 0.25) is 0 Å². The summed E-state index contributed by atoms with van der Waals surface area (Å²) in [5, 5.41) is 48.9. The number of amides is 3. The number of ether oxygens (including phenoxy) is 1. The number of piperidine rings is 1. The van der Waals surface area contributed by atoms with E-state index in [1.165, 1.54) is 9.80 Å². The Hall–Kier alpha value is -1.79. The van der Waals surface area contributed by atoms with Crippen molar-refractivity contribution in [3.63, 3.8) is 0 Å². The highest BCUT2D eigenvalue weighted by Crippen LogP contribution is 2.42. The van der Waals surface area contributed by atoms with Gasteiger partial charge in [-0.15, -0.1) is 0 Å². The van der Waals surface area contributed by atoms with Crippen molar-refractivity contribution in [3.8, 4) is 0 Å². The summed E-state index contributed by atoms with van der Waals surface area (Å²) >= 11 is 0. The molecule has 5 N–H and O–H groups in total. The van der Waals surface area contributed by atoms with E-state index in [4.69, 9.17) is 4.74 Å². The molecule has 3 aliphatic rings. The minimum absolute atomic E-state index is 0.110. The molecule has 11 heteroatoms. The van der Waals surface area contributed by atoms with Crippen molar-refractivity contribution in [2.45, 2.75) is 62.8 Å². The van der Waals surface area contributed by atoms with E-state index < -0.39 is 48.1 Å². The summed E-state index contributed by atoms with van der Waals surface area (Å²) < 4.78 is 5.08. The third-order valence-corrected chi connectivity index (χ3v) is 6.09.